The third kappa shape index (κ3) is 2.68. The van der Waals surface area contributed by atoms with E-state index < -0.39 is 6.61 Å². The maximum absolute atomic E-state index is 12.1. The summed E-state index contributed by atoms with van der Waals surface area (Å²) in [5, 5.41) is 3.01. The summed E-state index contributed by atoms with van der Waals surface area (Å²) in [5.74, 6) is 0.970. The van der Waals surface area contributed by atoms with Gasteiger partial charge in [-0.1, -0.05) is 12.1 Å². The van der Waals surface area contributed by atoms with Gasteiger partial charge in [0.2, 0.25) is 0 Å². The lowest BCUT2D eigenvalue weighted by Gasteiger charge is -2.11. The van der Waals surface area contributed by atoms with Crippen LogP contribution in [0, 0.1) is 0 Å². The summed E-state index contributed by atoms with van der Waals surface area (Å²) in [6.07, 6.45) is 1.85. The van der Waals surface area contributed by atoms with Crippen LogP contribution in [-0.4, -0.2) is 19.0 Å². The smallest absolute Gasteiger partial charge is 0.387 e. The molecule has 2 rings (SSSR count). The highest BCUT2D eigenvalue weighted by Crippen LogP contribution is 2.26. The fourth-order valence-electron chi connectivity index (χ4n) is 1.57. The second kappa shape index (κ2) is 4.92. The summed E-state index contributed by atoms with van der Waals surface area (Å²) in [7, 11) is 0. The average Bonchev–Trinajstić information content (AvgIpc) is 2.73. The Kier molecular flexibility index (Phi) is 3.34. The molecule has 5 heteroatoms. The van der Waals surface area contributed by atoms with Crippen molar-refractivity contribution in [1.82, 2.24) is 0 Å². The van der Waals surface area contributed by atoms with Gasteiger partial charge in [0.15, 0.2) is 0 Å². The zero-order valence-electron chi connectivity index (χ0n) is 8.62. The van der Waals surface area contributed by atoms with Crippen LogP contribution in [0.1, 0.15) is 12.8 Å². The van der Waals surface area contributed by atoms with Gasteiger partial charge in [0.25, 0.3) is 0 Å². The minimum atomic E-state index is -2.81. The van der Waals surface area contributed by atoms with Crippen molar-refractivity contribution in [3.8, 4) is 5.75 Å². The Balaban J connectivity index is 2.12. The Hall–Kier alpha value is -1.65. The van der Waals surface area contributed by atoms with Gasteiger partial charge in [-0.25, -0.2) is 0 Å². The molecule has 0 amide bonds. The number of ether oxygens (including phenoxy) is 1. The molecule has 16 heavy (non-hydrogen) atoms. The first-order chi connectivity index (χ1) is 7.75. The molecule has 1 N–H and O–H groups in total. The van der Waals surface area contributed by atoms with Crippen molar-refractivity contribution in [2.45, 2.75) is 19.5 Å². The molecular weight excluding hydrogens is 214 g/mol. The highest BCUT2D eigenvalue weighted by atomic mass is 19.3. The standard InChI is InChI=1S/C11H12F2N2O/c12-11(13)16-9-5-2-1-4-8(9)15-10-6-3-7-14-10/h1-2,4-5,11H,3,6-7H2,(H,14,15). The first-order valence-electron chi connectivity index (χ1n) is 5.10. The number of aliphatic imine (C=N–C) groups is 1. The molecule has 0 atom stereocenters. The van der Waals surface area contributed by atoms with Crippen LogP contribution >= 0.6 is 0 Å². The molecule has 86 valence electrons. The lowest BCUT2D eigenvalue weighted by Crippen LogP contribution is -2.11. The van der Waals surface area contributed by atoms with E-state index in [1.54, 1.807) is 18.2 Å². The number of halogens is 2. The van der Waals surface area contributed by atoms with Crippen molar-refractivity contribution in [3.63, 3.8) is 0 Å². The van der Waals surface area contributed by atoms with E-state index in [0.29, 0.717) is 5.69 Å². The van der Waals surface area contributed by atoms with E-state index in [-0.39, 0.29) is 5.75 Å². The largest absolute Gasteiger partial charge is 0.433 e. The molecule has 1 heterocycles. The first kappa shape index (κ1) is 10.9. The van der Waals surface area contributed by atoms with Crippen LogP contribution in [0.5, 0.6) is 5.75 Å². The first-order valence-corrected chi connectivity index (χ1v) is 5.10. The molecule has 0 aliphatic carbocycles. The summed E-state index contributed by atoms with van der Waals surface area (Å²) in [5.41, 5.74) is 0.531. The lowest BCUT2D eigenvalue weighted by molar-refractivity contribution is -0.0493. The number of alkyl halides is 2. The van der Waals surface area contributed by atoms with Crippen LogP contribution in [0.3, 0.4) is 0 Å². The van der Waals surface area contributed by atoms with Crippen LogP contribution in [0.2, 0.25) is 0 Å². The van der Waals surface area contributed by atoms with Gasteiger partial charge in [-0.2, -0.15) is 8.78 Å². The van der Waals surface area contributed by atoms with Crippen molar-refractivity contribution in [1.29, 1.82) is 0 Å². The molecule has 1 aromatic rings. The third-order valence-corrected chi connectivity index (χ3v) is 2.26. The number of anilines is 1. The minimum Gasteiger partial charge on any atom is -0.433 e. The van der Waals surface area contributed by atoms with E-state index in [4.69, 9.17) is 0 Å². The van der Waals surface area contributed by atoms with Gasteiger partial charge in [-0.3, -0.25) is 4.99 Å². The summed E-state index contributed by atoms with van der Waals surface area (Å²) in [6, 6.07) is 6.61. The molecule has 0 spiro atoms. The number of benzene rings is 1. The average molecular weight is 226 g/mol. The highest BCUT2D eigenvalue weighted by Gasteiger charge is 2.12. The number of nitrogens with zero attached hydrogens (tertiary/aromatic N) is 1. The number of nitrogens with one attached hydrogen (secondary N) is 1. The van der Waals surface area contributed by atoms with Gasteiger partial charge in [0.1, 0.15) is 11.6 Å². The molecule has 0 fully saturated rings. The van der Waals surface area contributed by atoms with E-state index in [1.165, 1.54) is 6.07 Å². The van der Waals surface area contributed by atoms with Gasteiger partial charge in [-0.05, 0) is 18.6 Å². The van der Waals surface area contributed by atoms with Gasteiger partial charge >= 0.3 is 6.61 Å². The topological polar surface area (TPSA) is 33.6 Å². The predicted octanol–water partition coefficient (Wildman–Crippen LogP) is 2.89. The normalized spacial score (nSPS) is 15.1. The fraction of sp³-hybridized carbons (Fsp3) is 0.364. The molecule has 0 saturated carbocycles. The van der Waals surface area contributed by atoms with E-state index in [0.717, 1.165) is 25.2 Å². The van der Waals surface area contributed by atoms with Crippen LogP contribution in [0.4, 0.5) is 14.5 Å². The van der Waals surface area contributed by atoms with Crippen molar-refractivity contribution >= 4 is 11.5 Å². The summed E-state index contributed by atoms with van der Waals surface area (Å²) in [4.78, 5) is 4.21. The quantitative estimate of drug-likeness (QED) is 0.859. The van der Waals surface area contributed by atoms with Gasteiger partial charge in [0, 0.05) is 13.0 Å². The van der Waals surface area contributed by atoms with Crippen LogP contribution < -0.4 is 10.1 Å². The molecule has 3 nitrogen and oxygen atoms in total. The van der Waals surface area contributed by atoms with E-state index in [1.807, 2.05) is 0 Å². The van der Waals surface area contributed by atoms with Crippen molar-refractivity contribution in [2.24, 2.45) is 4.99 Å². The van der Waals surface area contributed by atoms with Gasteiger partial charge in [-0.15, -0.1) is 0 Å². The summed E-state index contributed by atoms with van der Waals surface area (Å²) in [6.45, 7) is -2.02. The van der Waals surface area contributed by atoms with Crippen molar-refractivity contribution in [2.75, 3.05) is 11.9 Å². The predicted molar refractivity (Wildman–Crippen MR) is 58.2 cm³/mol. The monoisotopic (exact) mass is 226 g/mol. The number of rotatable bonds is 3. The lowest BCUT2D eigenvalue weighted by atomic mass is 10.2. The van der Waals surface area contributed by atoms with Gasteiger partial charge < -0.3 is 10.1 Å². The van der Waals surface area contributed by atoms with Crippen molar-refractivity contribution in [3.05, 3.63) is 24.3 Å². The molecule has 0 saturated heterocycles. The molecule has 0 bridgehead atoms. The van der Waals surface area contributed by atoms with Crippen LogP contribution in [-0.2, 0) is 0 Å². The second-order valence-electron chi connectivity index (χ2n) is 3.43. The van der Waals surface area contributed by atoms with E-state index >= 15 is 0 Å². The molecule has 0 aromatic heterocycles. The molecule has 0 radical (unpaired) electrons. The van der Waals surface area contributed by atoms with E-state index in [2.05, 4.69) is 15.0 Å². The zero-order valence-corrected chi connectivity index (χ0v) is 8.62. The zero-order chi connectivity index (χ0) is 11.4. The maximum Gasteiger partial charge on any atom is 0.387 e. The molecule has 1 aliphatic heterocycles. The van der Waals surface area contributed by atoms with Gasteiger partial charge in [0.05, 0.1) is 5.69 Å². The Morgan fingerprint density at radius 2 is 2.12 bits per heavy atom. The minimum absolute atomic E-state index is 0.145. The highest BCUT2D eigenvalue weighted by molar-refractivity contribution is 5.97. The fourth-order valence-corrected chi connectivity index (χ4v) is 1.57. The van der Waals surface area contributed by atoms with Crippen LogP contribution in [0.15, 0.2) is 29.3 Å². The summed E-state index contributed by atoms with van der Waals surface area (Å²) >= 11 is 0. The number of para-hydroxylation sites is 2. The maximum atomic E-state index is 12.1. The SMILES string of the molecule is FC(F)Oc1ccccc1NC1=NCCC1. The molecule has 1 aliphatic rings. The third-order valence-electron chi connectivity index (χ3n) is 2.26. The number of hydrogen-bond acceptors (Lipinski definition) is 3. The van der Waals surface area contributed by atoms with E-state index in [9.17, 15) is 8.78 Å². The van der Waals surface area contributed by atoms with Crippen molar-refractivity contribution < 1.29 is 13.5 Å². The summed E-state index contributed by atoms with van der Waals surface area (Å²) < 4.78 is 28.7. The molecule has 1 aromatic carbocycles. The Morgan fingerprint density at radius 1 is 1.31 bits per heavy atom. The Bertz CT molecular complexity index is 393. The Labute approximate surface area is 92.1 Å². The second-order valence-corrected chi connectivity index (χ2v) is 3.43. The Morgan fingerprint density at radius 3 is 2.81 bits per heavy atom. The molecular formula is C11H12F2N2O. The number of amidine groups is 1. The van der Waals surface area contributed by atoms with Crippen LogP contribution in [0.25, 0.3) is 0 Å². The molecule has 0 unspecified atom stereocenters. The number of hydrogen-bond donors (Lipinski definition) is 1.